The van der Waals surface area contributed by atoms with Gasteiger partial charge in [-0.15, -0.1) is 0 Å². The van der Waals surface area contributed by atoms with E-state index in [2.05, 4.69) is 15.9 Å². The minimum atomic E-state index is -1.28. The lowest BCUT2D eigenvalue weighted by molar-refractivity contribution is -0.138. The van der Waals surface area contributed by atoms with Gasteiger partial charge >= 0.3 is 5.97 Å². The molecule has 0 bridgehead atoms. The van der Waals surface area contributed by atoms with Crippen LogP contribution in [0.1, 0.15) is 24.2 Å². The van der Waals surface area contributed by atoms with Gasteiger partial charge in [-0.2, -0.15) is 0 Å². The zero-order chi connectivity index (χ0) is 16.9. The maximum Gasteiger partial charge on any atom is 0.345 e. The largest absolute Gasteiger partial charge is 0.500 e. The Balaban J connectivity index is 3.34. The molecule has 0 aromatic heterocycles. The van der Waals surface area contributed by atoms with Gasteiger partial charge in [-0.05, 0) is 35.8 Å². The summed E-state index contributed by atoms with van der Waals surface area (Å²) in [7, 11) is 0. The van der Waals surface area contributed by atoms with Gasteiger partial charge in [-0.25, -0.2) is 13.6 Å². The number of ketones is 1. The van der Waals surface area contributed by atoms with Crippen LogP contribution in [0.3, 0.4) is 0 Å². The molecule has 0 saturated carbocycles. The van der Waals surface area contributed by atoms with Crippen molar-refractivity contribution < 1.29 is 27.8 Å². The summed E-state index contributed by atoms with van der Waals surface area (Å²) >= 11 is 8.58. The lowest BCUT2D eigenvalue weighted by atomic mass is 10.0. The van der Waals surface area contributed by atoms with Crippen LogP contribution >= 0.6 is 27.5 Å². The van der Waals surface area contributed by atoms with Gasteiger partial charge < -0.3 is 9.47 Å². The van der Waals surface area contributed by atoms with Crippen LogP contribution in [-0.4, -0.2) is 25.0 Å². The first-order valence-corrected chi connectivity index (χ1v) is 7.38. The molecule has 0 aliphatic carbocycles. The molecule has 120 valence electrons. The average Bonchev–Trinajstić information content (AvgIpc) is 2.49. The van der Waals surface area contributed by atoms with Crippen molar-refractivity contribution in [3.8, 4) is 0 Å². The third-order valence-corrected chi connectivity index (χ3v) is 3.82. The summed E-state index contributed by atoms with van der Waals surface area (Å²) in [6, 6.07) is 0.615. The first-order chi connectivity index (χ1) is 10.3. The number of hydrogen-bond donors (Lipinski definition) is 0. The van der Waals surface area contributed by atoms with E-state index < -0.39 is 33.4 Å². The van der Waals surface area contributed by atoms with Crippen LogP contribution in [0, 0.1) is 11.6 Å². The fourth-order valence-electron chi connectivity index (χ4n) is 1.45. The fraction of sp³-hybridized carbons (Fsp3) is 0.286. The molecule has 0 atom stereocenters. The molecule has 0 aliphatic heterocycles. The zero-order valence-electron chi connectivity index (χ0n) is 11.7. The van der Waals surface area contributed by atoms with Gasteiger partial charge in [0.05, 0.1) is 22.7 Å². The van der Waals surface area contributed by atoms with E-state index >= 15 is 0 Å². The summed E-state index contributed by atoms with van der Waals surface area (Å²) in [5, 5.41) is -0.351. The number of rotatable bonds is 6. The first-order valence-electron chi connectivity index (χ1n) is 6.21. The molecule has 0 amide bonds. The Hall–Kier alpha value is -1.47. The van der Waals surface area contributed by atoms with Crippen molar-refractivity contribution in [2.45, 2.75) is 13.8 Å². The summed E-state index contributed by atoms with van der Waals surface area (Å²) in [6.45, 7) is 3.43. The van der Waals surface area contributed by atoms with E-state index in [-0.39, 0.29) is 23.8 Å². The third kappa shape index (κ3) is 4.04. The maximum atomic E-state index is 13.5. The number of Topliss-reactive ketones (excluding diaryl/α,β-unsaturated/α-hetero) is 1. The topological polar surface area (TPSA) is 52.6 Å². The third-order valence-electron chi connectivity index (χ3n) is 2.46. The standard InChI is InChI=1S/C14H12BrClF2O4/c1-3-21-6-8(14(20)22-4-2)13(19)7-5-9(17)12(18)10(15)11(7)16/h5-6H,3-4H2,1-2H3/b8-6-. The second kappa shape index (κ2) is 8.24. The highest BCUT2D eigenvalue weighted by Gasteiger charge is 2.27. The van der Waals surface area contributed by atoms with Crippen molar-refractivity contribution in [3.05, 3.63) is 44.6 Å². The molecule has 8 heteroatoms. The van der Waals surface area contributed by atoms with Crippen LogP contribution in [-0.2, 0) is 14.3 Å². The summed E-state index contributed by atoms with van der Waals surface area (Å²) in [4.78, 5) is 24.2. The molecule has 1 aromatic rings. The average molecular weight is 398 g/mol. The van der Waals surface area contributed by atoms with Crippen LogP contribution < -0.4 is 0 Å². The lowest BCUT2D eigenvalue weighted by Crippen LogP contribution is -2.17. The van der Waals surface area contributed by atoms with Gasteiger partial charge in [-0.3, -0.25) is 4.79 Å². The number of benzene rings is 1. The number of hydrogen-bond acceptors (Lipinski definition) is 4. The number of carbonyl (C=O) groups is 2. The molecule has 1 aromatic carbocycles. The normalized spacial score (nSPS) is 11.3. The van der Waals surface area contributed by atoms with Gasteiger partial charge in [-0.1, -0.05) is 11.6 Å². The Morgan fingerprint density at radius 2 is 1.95 bits per heavy atom. The molecule has 22 heavy (non-hydrogen) atoms. The van der Waals surface area contributed by atoms with E-state index in [4.69, 9.17) is 21.1 Å². The van der Waals surface area contributed by atoms with E-state index in [9.17, 15) is 18.4 Å². The van der Waals surface area contributed by atoms with E-state index in [1.807, 2.05) is 0 Å². The molecule has 4 nitrogen and oxygen atoms in total. The molecule has 0 saturated heterocycles. The van der Waals surface area contributed by atoms with Gasteiger partial charge in [0, 0.05) is 5.56 Å². The quantitative estimate of drug-likeness (QED) is 0.106. The van der Waals surface area contributed by atoms with Crippen molar-refractivity contribution in [1.29, 1.82) is 0 Å². The summed E-state index contributed by atoms with van der Waals surface area (Å²) in [5.41, 5.74) is -0.852. The first kappa shape index (κ1) is 18.6. The predicted octanol–water partition coefficient (Wildman–Crippen LogP) is 4.05. The predicted molar refractivity (Wildman–Crippen MR) is 79.7 cm³/mol. The molecule has 0 N–H and O–H groups in total. The second-order valence-electron chi connectivity index (χ2n) is 3.88. The van der Waals surface area contributed by atoms with Crippen LogP contribution in [0.4, 0.5) is 8.78 Å². The van der Waals surface area contributed by atoms with Crippen molar-refractivity contribution in [2.75, 3.05) is 13.2 Å². The number of halogens is 4. The molecular weight excluding hydrogens is 386 g/mol. The highest BCUT2D eigenvalue weighted by molar-refractivity contribution is 9.10. The molecule has 0 unspecified atom stereocenters. The number of esters is 1. The molecule has 0 radical (unpaired) electrons. The number of carbonyl (C=O) groups excluding carboxylic acids is 2. The highest BCUT2D eigenvalue weighted by atomic mass is 79.9. The number of ether oxygens (including phenoxy) is 2. The van der Waals surface area contributed by atoms with Crippen molar-refractivity contribution in [1.82, 2.24) is 0 Å². The second-order valence-corrected chi connectivity index (χ2v) is 5.06. The SMILES string of the molecule is CCO/C=C(\C(=O)OCC)C(=O)c1cc(F)c(F)c(Br)c1Cl. The Morgan fingerprint density at radius 3 is 2.50 bits per heavy atom. The van der Waals surface area contributed by atoms with Crippen LogP contribution in [0.25, 0.3) is 0 Å². The molecule has 1 rings (SSSR count). The molecular formula is C14H12BrClF2O4. The fourth-order valence-corrected chi connectivity index (χ4v) is 2.08. The van der Waals surface area contributed by atoms with Gasteiger partial charge in [0.15, 0.2) is 11.6 Å². The Labute approximate surface area is 139 Å². The summed E-state index contributed by atoms with van der Waals surface area (Å²) in [5.74, 6) is -4.39. The molecule has 0 aliphatic rings. The van der Waals surface area contributed by atoms with Crippen molar-refractivity contribution in [3.63, 3.8) is 0 Å². The Kier molecular flexibility index (Phi) is 6.96. The Morgan fingerprint density at radius 1 is 1.32 bits per heavy atom. The minimum Gasteiger partial charge on any atom is -0.500 e. The van der Waals surface area contributed by atoms with E-state index in [0.717, 1.165) is 6.26 Å². The maximum absolute atomic E-state index is 13.5. The van der Waals surface area contributed by atoms with Gasteiger partial charge in [0.25, 0.3) is 0 Å². The summed E-state index contributed by atoms with van der Waals surface area (Å²) in [6.07, 6.45) is 0.909. The van der Waals surface area contributed by atoms with Crippen molar-refractivity contribution >= 4 is 39.3 Å². The van der Waals surface area contributed by atoms with Crippen molar-refractivity contribution in [2.24, 2.45) is 0 Å². The van der Waals surface area contributed by atoms with Crippen LogP contribution in [0.5, 0.6) is 0 Å². The van der Waals surface area contributed by atoms with E-state index in [1.165, 1.54) is 0 Å². The molecule has 0 spiro atoms. The monoisotopic (exact) mass is 396 g/mol. The van der Waals surface area contributed by atoms with Gasteiger partial charge in [0.2, 0.25) is 5.78 Å². The Bertz CT molecular complexity index is 632. The minimum absolute atomic E-state index is 0.0325. The lowest BCUT2D eigenvalue weighted by Gasteiger charge is -2.10. The van der Waals surface area contributed by atoms with Crippen LogP contribution in [0.2, 0.25) is 5.02 Å². The van der Waals surface area contributed by atoms with E-state index in [1.54, 1.807) is 13.8 Å². The molecule has 0 heterocycles. The van der Waals surface area contributed by atoms with Crippen LogP contribution in [0.15, 0.2) is 22.4 Å². The zero-order valence-corrected chi connectivity index (χ0v) is 14.1. The smallest absolute Gasteiger partial charge is 0.345 e. The molecule has 0 fully saturated rings. The van der Waals surface area contributed by atoms with Gasteiger partial charge in [0.1, 0.15) is 11.8 Å². The van der Waals surface area contributed by atoms with E-state index in [0.29, 0.717) is 6.07 Å². The summed E-state index contributed by atoms with van der Waals surface area (Å²) < 4.78 is 36.1. The highest BCUT2D eigenvalue weighted by Crippen LogP contribution is 2.32.